The van der Waals surface area contributed by atoms with Gasteiger partial charge in [-0.05, 0) is 40.0 Å². The van der Waals surface area contributed by atoms with Gasteiger partial charge in [0.25, 0.3) is 0 Å². The molecule has 6 nitrogen and oxygen atoms in total. The maximum atomic E-state index is 5.79. The first-order chi connectivity index (χ1) is 8.99. The molecule has 0 amide bonds. The zero-order valence-electron chi connectivity index (χ0n) is 11.8. The molecule has 3 heterocycles. The first-order valence-electron chi connectivity index (χ1n) is 6.99. The third-order valence-corrected chi connectivity index (χ3v) is 3.65. The molecule has 3 atom stereocenters. The Balaban J connectivity index is 1.53. The predicted octanol–water partition coefficient (Wildman–Crippen LogP) is 1.69. The number of rotatable bonds is 4. The lowest BCUT2D eigenvalue weighted by Crippen LogP contribution is -2.35. The third-order valence-electron chi connectivity index (χ3n) is 3.65. The van der Waals surface area contributed by atoms with Crippen LogP contribution >= 0.6 is 0 Å². The van der Waals surface area contributed by atoms with Crippen LogP contribution in [0.15, 0.2) is 4.42 Å². The Kier molecular flexibility index (Phi) is 3.22. The largest absolute Gasteiger partial charge is 0.407 e. The van der Waals surface area contributed by atoms with Crippen LogP contribution in [0.25, 0.3) is 0 Å². The van der Waals surface area contributed by atoms with Crippen molar-refractivity contribution < 1.29 is 9.15 Å². The fourth-order valence-electron chi connectivity index (χ4n) is 2.67. The second kappa shape index (κ2) is 4.76. The molecule has 2 aliphatic rings. The number of nitrogens with one attached hydrogen (secondary N) is 2. The highest BCUT2D eigenvalue weighted by Gasteiger charge is 2.41. The van der Waals surface area contributed by atoms with Crippen molar-refractivity contribution in [1.82, 2.24) is 15.5 Å². The van der Waals surface area contributed by atoms with Crippen LogP contribution in [-0.4, -0.2) is 34.0 Å². The molecular formula is C13H22N4O2. The molecule has 0 radical (unpaired) electrons. The van der Waals surface area contributed by atoms with Gasteiger partial charge in [0.1, 0.15) is 0 Å². The van der Waals surface area contributed by atoms with Gasteiger partial charge in [-0.3, -0.25) is 0 Å². The molecule has 6 heteroatoms. The van der Waals surface area contributed by atoms with Crippen molar-refractivity contribution in [3.05, 3.63) is 5.89 Å². The van der Waals surface area contributed by atoms with E-state index in [0.29, 0.717) is 36.7 Å². The highest BCUT2D eigenvalue weighted by atomic mass is 16.5. The molecule has 2 bridgehead atoms. The summed E-state index contributed by atoms with van der Waals surface area (Å²) in [6, 6.07) is 0.828. The van der Waals surface area contributed by atoms with Crippen molar-refractivity contribution in [3.8, 4) is 0 Å². The number of ether oxygens (including phenoxy) is 1. The van der Waals surface area contributed by atoms with Gasteiger partial charge in [0.15, 0.2) is 0 Å². The summed E-state index contributed by atoms with van der Waals surface area (Å²) in [5.41, 5.74) is 0.0422. The van der Waals surface area contributed by atoms with Crippen molar-refractivity contribution in [3.63, 3.8) is 0 Å². The van der Waals surface area contributed by atoms with Crippen LogP contribution in [-0.2, 0) is 11.3 Å². The summed E-state index contributed by atoms with van der Waals surface area (Å²) in [5.74, 6) is 0.612. The van der Waals surface area contributed by atoms with E-state index in [4.69, 9.17) is 9.15 Å². The Bertz CT molecular complexity index is 440. The maximum absolute atomic E-state index is 5.79. The van der Waals surface area contributed by atoms with Gasteiger partial charge in [0, 0.05) is 5.54 Å². The number of aromatic nitrogens is 2. The monoisotopic (exact) mass is 266 g/mol. The molecule has 0 saturated carbocycles. The molecule has 0 spiro atoms. The van der Waals surface area contributed by atoms with Crippen molar-refractivity contribution in [2.24, 2.45) is 0 Å². The molecule has 2 aliphatic heterocycles. The van der Waals surface area contributed by atoms with Crippen LogP contribution in [0.3, 0.4) is 0 Å². The van der Waals surface area contributed by atoms with Gasteiger partial charge in [-0.2, -0.15) is 0 Å². The second-order valence-corrected chi connectivity index (χ2v) is 6.46. The normalized spacial score (nSPS) is 29.9. The molecule has 3 rings (SSSR count). The Morgan fingerprint density at radius 3 is 2.74 bits per heavy atom. The standard InChI is InChI=1S/C13H22N4O2/c1-13(2,3)14-7-11-16-17-12(19-11)15-9-6-8-4-5-10(9)18-8/h8-10,14H,4-7H2,1-3H3,(H,15,17). The topological polar surface area (TPSA) is 72.2 Å². The lowest BCUT2D eigenvalue weighted by Gasteiger charge is -2.19. The number of anilines is 1. The molecule has 1 aromatic rings. The van der Waals surface area contributed by atoms with E-state index < -0.39 is 0 Å². The number of fused-ring (bicyclic) bond motifs is 2. The summed E-state index contributed by atoms with van der Waals surface area (Å²) in [5, 5.41) is 14.7. The Labute approximate surface area is 113 Å². The minimum Gasteiger partial charge on any atom is -0.407 e. The maximum Gasteiger partial charge on any atom is 0.315 e. The van der Waals surface area contributed by atoms with Crippen molar-refractivity contribution in [1.29, 1.82) is 0 Å². The molecule has 2 saturated heterocycles. The van der Waals surface area contributed by atoms with Gasteiger partial charge in [-0.25, -0.2) is 0 Å². The second-order valence-electron chi connectivity index (χ2n) is 6.46. The molecule has 1 aromatic heterocycles. The quantitative estimate of drug-likeness (QED) is 0.864. The summed E-state index contributed by atoms with van der Waals surface area (Å²) < 4.78 is 11.4. The average molecular weight is 266 g/mol. The molecule has 106 valence electrons. The Morgan fingerprint density at radius 2 is 2.11 bits per heavy atom. The van der Waals surface area contributed by atoms with Crippen LogP contribution < -0.4 is 10.6 Å². The smallest absolute Gasteiger partial charge is 0.315 e. The first-order valence-corrected chi connectivity index (χ1v) is 6.99. The molecule has 0 aromatic carbocycles. The van der Waals surface area contributed by atoms with Crippen LogP contribution in [0.4, 0.5) is 6.01 Å². The van der Waals surface area contributed by atoms with Gasteiger partial charge in [-0.1, -0.05) is 5.10 Å². The molecule has 3 unspecified atom stereocenters. The predicted molar refractivity (Wildman–Crippen MR) is 70.8 cm³/mol. The third kappa shape index (κ3) is 3.06. The van der Waals surface area contributed by atoms with E-state index >= 15 is 0 Å². The van der Waals surface area contributed by atoms with E-state index in [0.717, 1.165) is 12.8 Å². The molecular weight excluding hydrogens is 244 g/mol. The van der Waals surface area contributed by atoms with Crippen molar-refractivity contribution in [2.75, 3.05) is 5.32 Å². The van der Waals surface area contributed by atoms with Crippen LogP contribution in [0.1, 0.15) is 45.9 Å². The van der Waals surface area contributed by atoms with E-state index in [1.165, 1.54) is 6.42 Å². The fourth-order valence-corrected chi connectivity index (χ4v) is 2.67. The highest BCUT2D eigenvalue weighted by Crippen LogP contribution is 2.35. The lowest BCUT2D eigenvalue weighted by atomic mass is 9.96. The summed E-state index contributed by atoms with van der Waals surface area (Å²) in [6.07, 6.45) is 4.10. The first kappa shape index (κ1) is 12.9. The molecule has 19 heavy (non-hydrogen) atoms. The van der Waals surface area contributed by atoms with Crippen molar-refractivity contribution >= 4 is 6.01 Å². The highest BCUT2D eigenvalue weighted by molar-refractivity contribution is 5.22. The van der Waals surface area contributed by atoms with E-state index in [1.807, 2.05) is 0 Å². The number of hydrogen-bond donors (Lipinski definition) is 2. The SMILES string of the molecule is CC(C)(C)NCc1nnc(NC2CC3CCC2O3)o1. The summed E-state index contributed by atoms with van der Waals surface area (Å²) in [7, 11) is 0. The minimum absolute atomic E-state index is 0.0422. The van der Waals surface area contributed by atoms with Crippen molar-refractivity contribution in [2.45, 2.75) is 70.4 Å². The zero-order valence-corrected chi connectivity index (χ0v) is 11.8. The summed E-state index contributed by atoms with van der Waals surface area (Å²) in [6.45, 7) is 6.91. The molecule has 2 fully saturated rings. The van der Waals surface area contributed by atoms with Crippen LogP contribution in [0.2, 0.25) is 0 Å². The fraction of sp³-hybridized carbons (Fsp3) is 0.846. The van der Waals surface area contributed by atoms with E-state index in [9.17, 15) is 0 Å². The zero-order chi connectivity index (χ0) is 13.5. The van der Waals surface area contributed by atoms with Gasteiger partial charge in [0.05, 0.1) is 24.8 Å². The summed E-state index contributed by atoms with van der Waals surface area (Å²) in [4.78, 5) is 0. The molecule has 2 N–H and O–H groups in total. The van der Waals surface area contributed by atoms with E-state index in [-0.39, 0.29) is 5.54 Å². The lowest BCUT2D eigenvalue weighted by molar-refractivity contribution is 0.102. The Hall–Kier alpha value is -1.14. The number of nitrogens with zero attached hydrogens (tertiary/aromatic N) is 2. The average Bonchev–Trinajstić information content (AvgIpc) is 3.01. The van der Waals surface area contributed by atoms with Crippen LogP contribution in [0.5, 0.6) is 0 Å². The van der Waals surface area contributed by atoms with Crippen LogP contribution in [0, 0.1) is 0 Å². The van der Waals surface area contributed by atoms with Gasteiger partial charge in [0.2, 0.25) is 5.89 Å². The van der Waals surface area contributed by atoms with Gasteiger partial charge >= 0.3 is 6.01 Å². The van der Waals surface area contributed by atoms with E-state index in [1.54, 1.807) is 0 Å². The van der Waals surface area contributed by atoms with E-state index in [2.05, 4.69) is 41.6 Å². The molecule has 0 aliphatic carbocycles. The van der Waals surface area contributed by atoms with Gasteiger partial charge in [-0.15, -0.1) is 5.10 Å². The van der Waals surface area contributed by atoms with Gasteiger partial charge < -0.3 is 19.8 Å². The Morgan fingerprint density at radius 1 is 1.26 bits per heavy atom. The number of hydrogen-bond acceptors (Lipinski definition) is 6. The minimum atomic E-state index is 0.0422. The summed E-state index contributed by atoms with van der Waals surface area (Å²) >= 11 is 0.